The number of rotatable bonds is 11. The van der Waals surface area contributed by atoms with Crippen LogP contribution < -0.4 is 5.32 Å². The number of alkyl carbamates (subject to hydrolysis) is 1. The summed E-state index contributed by atoms with van der Waals surface area (Å²) >= 11 is 0. The standard InChI is InChI=1S/C31H35FN2O6/c1-31(2,3)40-29(37)24-14-15-26(32)25(18-24)19-34(17-16-22-10-6-4-7-11-22)28(36)27(20-35)33-30(38)39-21-23-12-8-5-9-13-23/h4-15,18,27,35H,16-17,19-21H2,1-3H3,(H,33,38)/t27-/m0/s1. The zero-order valence-electron chi connectivity index (χ0n) is 22.9. The molecule has 0 aliphatic rings. The Kier molecular flexibility index (Phi) is 10.8. The molecule has 0 aromatic heterocycles. The van der Waals surface area contributed by atoms with Gasteiger partial charge in [-0.05, 0) is 56.5 Å². The number of halogens is 1. The molecule has 0 aliphatic carbocycles. The first-order valence-corrected chi connectivity index (χ1v) is 13.0. The normalized spacial score (nSPS) is 11.8. The van der Waals surface area contributed by atoms with Crippen LogP contribution in [0.25, 0.3) is 0 Å². The van der Waals surface area contributed by atoms with Crippen LogP contribution in [0.4, 0.5) is 9.18 Å². The molecule has 212 valence electrons. The van der Waals surface area contributed by atoms with E-state index in [0.29, 0.717) is 6.42 Å². The van der Waals surface area contributed by atoms with Gasteiger partial charge in [-0.3, -0.25) is 4.79 Å². The molecule has 2 N–H and O–H groups in total. The molecule has 0 bridgehead atoms. The van der Waals surface area contributed by atoms with Gasteiger partial charge in [-0.15, -0.1) is 0 Å². The quantitative estimate of drug-likeness (QED) is 0.337. The first-order chi connectivity index (χ1) is 19.1. The Morgan fingerprint density at radius 2 is 1.57 bits per heavy atom. The Morgan fingerprint density at radius 3 is 2.17 bits per heavy atom. The van der Waals surface area contributed by atoms with Crippen LogP contribution in [-0.4, -0.2) is 52.8 Å². The van der Waals surface area contributed by atoms with E-state index in [0.717, 1.165) is 17.2 Å². The predicted molar refractivity (Wildman–Crippen MR) is 148 cm³/mol. The van der Waals surface area contributed by atoms with Crippen LogP contribution in [-0.2, 0) is 33.8 Å². The van der Waals surface area contributed by atoms with Crippen LogP contribution in [0.3, 0.4) is 0 Å². The van der Waals surface area contributed by atoms with Crippen molar-refractivity contribution < 1.29 is 33.4 Å². The molecule has 0 aliphatic heterocycles. The summed E-state index contributed by atoms with van der Waals surface area (Å²) in [7, 11) is 0. The van der Waals surface area contributed by atoms with Gasteiger partial charge in [0.15, 0.2) is 0 Å². The van der Waals surface area contributed by atoms with Gasteiger partial charge in [0.2, 0.25) is 5.91 Å². The number of ether oxygens (including phenoxy) is 2. The van der Waals surface area contributed by atoms with Gasteiger partial charge in [0.1, 0.15) is 24.1 Å². The smallest absolute Gasteiger partial charge is 0.408 e. The van der Waals surface area contributed by atoms with Crippen LogP contribution in [0, 0.1) is 5.82 Å². The fourth-order valence-corrected chi connectivity index (χ4v) is 3.85. The number of benzene rings is 3. The van der Waals surface area contributed by atoms with E-state index in [1.54, 1.807) is 45.0 Å². The molecule has 0 fully saturated rings. The van der Waals surface area contributed by atoms with E-state index in [2.05, 4.69) is 5.32 Å². The predicted octanol–water partition coefficient (Wildman–Crippen LogP) is 4.64. The first-order valence-electron chi connectivity index (χ1n) is 13.0. The zero-order chi connectivity index (χ0) is 29.1. The minimum absolute atomic E-state index is 0.0145. The third-order valence-corrected chi connectivity index (χ3v) is 5.85. The highest BCUT2D eigenvalue weighted by Gasteiger charge is 2.27. The van der Waals surface area contributed by atoms with Crippen LogP contribution in [0.2, 0.25) is 0 Å². The number of nitrogens with zero attached hydrogens (tertiary/aromatic N) is 1. The molecule has 8 nitrogen and oxygen atoms in total. The molecule has 0 saturated heterocycles. The second kappa shape index (κ2) is 14.2. The maximum atomic E-state index is 14.9. The topological polar surface area (TPSA) is 105 Å². The fourth-order valence-electron chi connectivity index (χ4n) is 3.85. The SMILES string of the molecule is CC(C)(C)OC(=O)c1ccc(F)c(CN(CCc2ccccc2)C(=O)[C@H](CO)NC(=O)OCc2ccccc2)c1. The lowest BCUT2D eigenvalue weighted by molar-refractivity contribution is -0.135. The van der Waals surface area contributed by atoms with Crippen LogP contribution >= 0.6 is 0 Å². The van der Waals surface area contributed by atoms with Crippen molar-refractivity contribution in [3.8, 4) is 0 Å². The number of amides is 2. The number of nitrogens with one attached hydrogen (secondary N) is 1. The molecule has 1 atom stereocenters. The summed E-state index contributed by atoms with van der Waals surface area (Å²) in [5, 5.41) is 12.4. The molecule has 9 heteroatoms. The molecule has 2 amide bonds. The monoisotopic (exact) mass is 550 g/mol. The van der Waals surface area contributed by atoms with E-state index in [1.165, 1.54) is 17.0 Å². The van der Waals surface area contributed by atoms with Crippen LogP contribution in [0.1, 0.15) is 47.8 Å². The Hall–Kier alpha value is -4.24. The summed E-state index contributed by atoms with van der Waals surface area (Å²) in [5.74, 6) is -1.86. The van der Waals surface area contributed by atoms with Gasteiger partial charge in [0.05, 0.1) is 12.2 Å². The minimum Gasteiger partial charge on any atom is -0.456 e. The Bertz CT molecular complexity index is 1280. The average molecular weight is 551 g/mol. The summed E-state index contributed by atoms with van der Waals surface area (Å²) in [6.45, 7) is 4.44. The number of hydrogen-bond donors (Lipinski definition) is 2. The second-order valence-corrected chi connectivity index (χ2v) is 10.2. The van der Waals surface area contributed by atoms with E-state index in [-0.39, 0.29) is 30.8 Å². The maximum absolute atomic E-state index is 14.9. The van der Waals surface area contributed by atoms with Crippen molar-refractivity contribution in [1.82, 2.24) is 10.2 Å². The van der Waals surface area contributed by atoms with E-state index in [4.69, 9.17) is 9.47 Å². The van der Waals surface area contributed by atoms with Crippen LogP contribution in [0.5, 0.6) is 0 Å². The number of aliphatic hydroxyl groups is 1. The van der Waals surface area contributed by atoms with Gasteiger partial charge in [-0.2, -0.15) is 0 Å². The molecule has 40 heavy (non-hydrogen) atoms. The van der Waals surface area contributed by atoms with Crippen molar-refractivity contribution >= 4 is 18.0 Å². The summed E-state index contributed by atoms with van der Waals surface area (Å²) in [5.41, 5.74) is 1.20. The summed E-state index contributed by atoms with van der Waals surface area (Å²) in [4.78, 5) is 39.8. The van der Waals surface area contributed by atoms with Gasteiger partial charge in [0, 0.05) is 18.7 Å². The third kappa shape index (κ3) is 9.50. The van der Waals surface area contributed by atoms with Crippen molar-refractivity contribution in [3.63, 3.8) is 0 Å². The van der Waals surface area contributed by atoms with E-state index in [9.17, 15) is 23.9 Å². The molecule has 3 aromatic carbocycles. The van der Waals surface area contributed by atoms with Gasteiger partial charge >= 0.3 is 12.1 Å². The Morgan fingerprint density at radius 1 is 0.950 bits per heavy atom. The molecular formula is C31H35FN2O6. The highest BCUT2D eigenvalue weighted by Crippen LogP contribution is 2.18. The number of carbonyl (C=O) groups excluding carboxylic acids is 3. The molecule has 3 rings (SSSR count). The number of hydrogen-bond acceptors (Lipinski definition) is 6. The largest absolute Gasteiger partial charge is 0.456 e. The number of esters is 1. The van der Waals surface area contributed by atoms with E-state index in [1.807, 2.05) is 36.4 Å². The van der Waals surface area contributed by atoms with Crippen molar-refractivity contribution in [2.45, 2.75) is 52.0 Å². The summed E-state index contributed by atoms with van der Waals surface area (Å²) < 4.78 is 25.5. The van der Waals surface area contributed by atoms with Crippen molar-refractivity contribution in [2.75, 3.05) is 13.2 Å². The highest BCUT2D eigenvalue weighted by molar-refractivity contribution is 5.90. The minimum atomic E-state index is -1.32. The maximum Gasteiger partial charge on any atom is 0.408 e. The van der Waals surface area contributed by atoms with Gasteiger partial charge in [-0.25, -0.2) is 14.0 Å². The van der Waals surface area contributed by atoms with Gasteiger partial charge < -0.3 is 24.8 Å². The first kappa shape index (κ1) is 30.3. The average Bonchev–Trinajstić information content (AvgIpc) is 2.93. The lowest BCUT2D eigenvalue weighted by Gasteiger charge is -2.27. The van der Waals surface area contributed by atoms with E-state index >= 15 is 0 Å². The Labute approximate surface area is 233 Å². The molecule has 0 unspecified atom stereocenters. The fraction of sp³-hybridized carbons (Fsp3) is 0.323. The van der Waals surface area contributed by atoms with Crippen LogP contribution in [0.15, 0.2) is 78.9 Å². The Balaban J connectivity index is 1.78. The number of aliphatic hydroxyl groups excluding tert-OH is 1. The lowest BCUT2D eigenvalue weighted by Crippen LogP contribution is -2.51. The molecular weight excluding hydrogens is 515 g/mol. The molecule has 0 radical (unpaired) electrons. The van der Waals surface area contributed by atoms with E-state index < -0.39 is 42.0 Å². The number of carbonyl (C=O) groups is 3. The van der Waals surface area contributed by atoms with Crippen molar-refractivity contribution in [2.24, 2.45) is 0 Å². The highest BCUT2D eigenvalue weighted by atomic mass is 19.1. The van der Waals surface area contributed by atoms with Crippen molar-refractivity contribution in [1.29, 1.82) is 0 Å². The second-order valence-electron chi connectivity index (χ2n) is 10.2. The molecule has 0 saturated carbocycles. The summed E-state index contributed by atoms with van der Waals surface area (Å²) in [6, 6.07) is 20.9. The zero-order valence-corrected chi connectivity index (χ0v) is 22.9. The van der Waals surface area contributed by atoms with Gasteiger partial charge in [-0.1, -0.05) is 60.7 Å². The van der Waals surface area contributed by atoms with Crippen molar-refractivity contribution in [3.05, 3.63) is 107 Å². The molecule has 3 aromatic rings. The lowest BCUT2D eigenvalue weighted by atomic mass is 10.1. The summed E-state index contributed by atoms with van der Waals surface area (Å²) in [6.07, 6.45) is -0.436. The molecule has 0 spiro atoms. The molecule has 0 heterocycles. The van der Waals surface area contributed by atoms with Gasteiger partial charge in [0.25, 0.3) is 0 Å². The third-order valence-electron chi connectivity index (χ3n) is 5.85.